The van der Waals surface area contributed by atoms with Crippen molar-refractivity contribution in [1.82, 2.24) is 15.5 Å². The van der Waals surface area contributed by atoms with Crippen LogP contribution in [0.1, 0.15) is 19.5 Å². The van der Waals surface area contributed by atoms with Crippen LogP contribution in [0.3, 0.4) is 0 Å². The third-order valence-electron chi connectivity index (χ3n) is 3.23. The van der Waals surface area contributed by atoms with E-state index in [1.807, 2.05) is 38.1 Å². The Morgan fingerprint density at radius 1 is 1.32 bits per heavy atom. The number of aromatic nitrogens is 2. The van der Waals surface area contributed by atoms with Gasteiger partial charge in [0.2, 0.25) is 0 Å². The van der Waals surface area contributed by atoms with Crippen LogP contribution in [-0.4, -0.2) is 30.2 Å². The van der Waals surface area contributed by atoms with E-state index in [-0.39, 0.29) is 0 Å². The first-order chi connectivity index (χ1) is 13.6. The molecule has 0 aliphatic carbocycles. The molecule has 8 heteroatoms. The average Bonchev–Trinajstić information content (AvgIpc) is 3.20. The summed E-state index contributed by atoms with van der Waals surface area (Å²) in [5.41, 5.74) is 1.52. The lowest BCUT2D eigenvalue weighted by Gasteiger charge is -2.07. The SMILES string of the molecule is C=C/C=C(\C=C)NC(=NC)c1cc(NSc2ccc(OC)c(Cl)c2)n[nH]1.CC. The molecule has 28 heavy (non-hydrogen) atoms. The molecule has 2 aromatic rings. The van der Waals surface area contributed by atoms with E-state index in [1.165, 1.54) is 11.9 Å². The van der Waals surface area contributed by atoms with E-state index in [9.17, 15) is 0 Å². The van der Waals surface area contributed by atoms with Crippen LogP contribution in [0.2, 0.25) is 5.02 Å². The summed E-state index contributed by atoms with van der Waals surface area (Å²) in [4.78, 5) is 5.17. The summed E-state index contributed by atoms with van der Waals surface area (Å²) >= 11 is 7.52. The molecule has 3 N–H and O–H groups in total. The van der Waals surface area contributed by atoms with E-state index in [2.05, 4.69) is 38.4 Å². The summed E-state index contributed by atoms with van der Waals surface area (Å²) in [5, 5.41) is 10.9. The van der Waals surface area contributed by atoms with E-state index in [0.717, 1.165) is 16.3 Å². The zero-order valence-electron chi connectivity index (χ0n) is 16.5. The lowest BCUT2D eigenvalue weighted by molar-refractivity contribution is 0.414. The minimum atomic E-state index is 0.553. The average molecular weight is 420 g/mol. The number of nitrogens with zero attached hydrogens (tertiary/aromatic N) is 2. The van der Waals surface area contributed by atoms with Crippen LogP contribution in [0, 0.1) is 0 Å². The maximum Gasteiger partial charge on any atom is 0.158 e. The lowest BCUT2D eigenvalue weighted by Crippen LogP contribution is -2.23. The van der Waals surface area contributed by atoms with Crippen molar-refractivity contribution in [3.05, 3.63) is 72.1 Å². The van der Waals surface area contributed by atoms with E-state index in [4.69, 9.17) is 16.3 Å². The number of aliphatic imine (C=N–C) groups is 1. The van der Waals surface area contributed by atoms with Crippen LogP contribution in [0.4, 0.5) is 5.82 Å². The van der Waals surface area contributed by atoms with Crippen molar-refractivity contribution in [2.45, 2.75) is 18.7 Å². The van der Waals surface area contributed by atoms with Gasteiger partial charge in [-0.2, -0.15) is 5.10 Å². The number of hydrogen-bond donors (Lipinski definition) is 3. The predicted molar refractivity (Wildman–Crippen MR) is 121 cm³/mol. The van der Waals surface area contributed by atoms with Crippen molar-refractivity contribution in [3.8, 4) is 5.75 Å². The monoisotopic (exact) mass is 419 g/mol. The van der Waals surface area contributed by atoms with Crippen molar-refractivity contribution in [1.29, 1.82) is 0 Å². The van der Waals surface area contributed by atoms with Gasteiger partial charge in [0.25, 0.3) is 0 Å². The van der Waals surface area contributed by atoms with Crippen LogP contribution >= 0.6 is 23.5 Å². The smallest absolute Gasteiger partial charge is 0.158 e. The first-order valence-electron chi connectivity index (χ1n) is 8.62. The van der Waals surface area contributed by atoms with Crippen molar-refractivity contribution in [2.24, 2.45) is 4.99 Å². The Morgan fingerprint density at radius 3 is 2.64 bits per heavy atom. The standard InChI is InChI=1S/C18H20ClN5OS.C2H6/c1-5-7-12(6-2)21-18(20-3)15-11-17(23-22-15)24-26-13-8-9-16(25-4)14(19)10-13;1-2/h5-11H,1-2H2,3-4H3,(H,20,21)(H2,22,23,24);1-2H3/b12-7+;. The van der Waals surface area contributed by atoms with Gasteiger partial charge in [-0.3, -0.25) is 10.1 Å². The van der Waals surface area contributed by atoms with Gasteiger partial charge < -0.3 is 14.8 Å². The molecule has 1 aromatic heterocycles. The summed E-state index contributed by atoms with van der Waals surface area (Å²) in [6, 6.07) is 7.40. The van der Waals surface area contributed by atoms with Gasteiger partial charge >= 0.3 is 0 Å². The summed E-state index contributed by atoms with van der Waals surface area (Å²) < 4.78 is 8.30. The van der Waals surface area contributed by atoms with Gasteiger partial charge in [0.05, 0.1) is 12.1 Å². The fraction of sp³-hybridized carbons (Fsp3) is 0.200. The van der Waals surface area contributed by atoms with Gasteiger partial charge in [0.1, 0.15) is 11.4 Å². The fourth-order valence-electron chi connectivity index (χ4n) is 1.99. The molecule has 0 spiro atoms. The molecule has 0 fully saturated rings. The zero-order chi connectivity index (χ0) is 20.9. The first kappa shape index (κ1) is 23.4. The highest BCUT2D eigenvalue weighted by Gasteiger charge is 2.09. The number of allylic oxidation sites excluding steroid dienone is 3. The fourth-order valence-corrected chi connectivity index (χ4v) is 2.95. The molecule has 150 valence electrons. The Balaban J connectivity index is 0.00000190. The first-order valence-corrected chi connectivity index (χ1v) is 9.81. The molecule has 0 atom stereocenters. The highest BCUT2D eigenvalue weighted by atomic mass is 35.5. The molecule has 6 nitrogen and oxygen atoms in total. The quantitative estimate of drug-likeness (QED) is 0.230. The van der Waals surface area contributed by atoms with Crippen LogP contribution in [-0.2, 0) is 0 Å². The van der Waals surface area contributed by atoms with Crippen LogP contribution in [0.15, 0.2) is 71.2 Å². The Bertz CT molecular complexity index is 845. The number of amidine groups is 1. The molecule has 1 heterocycles. The summed E-state index contributed by atoms with van der Waals surface area (Å²) in [6.07, 6.45) is 5.16. The molecule has 0 aliphatic rings. The number of aromatic amines is 1. The van der Waals surface area contributed by atoms with Gasteiger partial charge in [-0.1, -0.05) is 44.7 Å². The van der Waals surface area contributed by atoms with Crippen molar-refractivity contribution < 1.29 is 4.74 Å². The van der Waals surface area contributed by atoms with E-state index in [0.29, 0.717) is 22.4 Å². The number of H-pyrrole nitrogens is 1. The Morgan fingerprint density at radius 2 is 2.07 bits per heavy atom. The van der Waals surface area contributed by atoms with E-state index in [1.54, 1.807) is 32.4 Å². The number of methoxy groups -OCH3 is 1. The Hall–Kier alpha value is -2.64. The summed E-state index contributed by atoms with van der Waals surface area (Å²) in [7, 11) is 3.28. The molecule has 0 bridgehead atoms. The third-order valence-corrected chi connectivity index (χ3v) is 4.33. The lowest BCUT2D eigenvalue weighted by atomic mass is 10.3. The minimum Gasteiger partial charge on any atom is -0.495 e. The Labute approximate surface area is 176 Å². The zero-order valence-corrected chi connectivity index (χ0v) is 18.1. The number of ether oxygens (including phenoxy) is 1. The maximum atomic E-state index is 6.13. The molecule has 0 unspecified atom stereocenters. The summed E-state index contributed by atoms with van der Waals surface area (Å²) in [5.74, 6) is 1.93. The molecule has 1 aromatic carbocycles. The number of anilines is 1. The van der Waals surface area contributed by atoms with Crippen LogP contribution in [0.5, 0.6) is 5.75 Å². The third kappa shape index (κ3) is 6.83. The summed E-state index contributed by atoms with van der Waals surface area (Å²) in [6.45, 7) is 11.4. The molecule has 0 aliphatic heterocycles. The van der Waals surface area contributed by atoms with E-state index >= 15 is 0 Å². The largest absolute Gasteiger partial charge is 0.495 e. The number of benzene rings is 1. The second kappa shape index (κ2) is 12.7. The predicted octanol–water partition coefficient (Wildman–Crippen LogP) is 5.44. The molecular weight excluding hydrogens is 394 g/mol. The van der Waals surface area contributed by atoms with Crippen LogP contribution in [0.25, 0.3) is 0 Å². The van der Waals surface area contributed by atoms with Crippen molar-refractivity contribution in [2.75, 3.05) is 18.9 Å². The van der Waals surface area contributed by atoms with Gasteiger partial charge in [0, 0.05) is 23.7 Å². The molecule has 2 rings (SSSR count). The van der Waals surface area contributed by atoms with Crippen molar-refractivity contribution in [3.63, 3.8) is 0 Å². The molecule has 0 amide bonds. The number of nitrogens with one attached hydrogen (secondary N) is 3. The topological polar surface area (TPSA) is 74.3 Å². The number of rotatable bonds is 8. The molecule has 0 saturated carbocycles. The highest BCUT2D eigenvalue weighted by Crippen LogP contribution is 2.30. The Kier molecular flexibility index (Phi) is 10.6. The minimum absolute atomic E-state index is 0.553. The highest BCUT2D eigenvalue weighted by molar-refractivity contribution is 8.00. The van der Waals surface area contributed by atoms with Crippen molar-refractivity contribution >= 4 is 35.2 Å². The molecule has 0 radical (unpaired) electrons. The van der Waals surface area contributed by atoms with E-state index < -0.39 is 0 Å². The van der Waals surface area contributed by atoms with Gasteiger partial charge in [-0.25, -0.2) is 0 Å². The normalized spacial score (nSPS) is 11.2. The second-order valence-electron chi connectivity index (χ2n) is 4.93. The second-order valence-corrected chi connectivity index (χ2v) is 6.21. The van der Waals surface area contributed by atoms with Gasteiger partial charge in [0.15, 0.2) is 11.7 Å². The van der Waals surface area contributed by atoms with Crippen LogP contribution < -0.4 is 14.8 Å². The molecular formula is C20H26ClN5OS. The molecule has 0 saturated heterocycles. The van der Waals surface area contributed by atoms with Gasteiger partial charge in [-0.15, -0.1) is 0 Å². The van der Waals surface area contributed by atoms with Gasteiger partial charge in [-0.05, 0) is 42.3 Å². The number of hydrogen-bond acceptors (Lipinski definition) is 5. The maximum absolute atomic E-state index is 6.13. The number of halogens is 1.